The predicted octanol–water partition coefficient (Wildman–Crippen LogP) is 6.37. The molecule has 0 spiro atoms. The van der Waals surface area contributed by atoms with E-state index in [9.17, 15) is 4.79 Å². The molecule has 0 aliphatic carbocycles. The first kappa shape index (κ1) is 16.9. The number of nitrogens with zero attached hydrogens (tertiary/aromatic N) is 1. The van der Waals surface area contributed by atoms with Crippen molar-refractivity contribution in [2.75, 3.05) is 0 Å². The molecule has 1 N–H and O–H groups in total. The van der Waals surface area contributed by atoms with Gasteiger partial charge in [0, 0.05) is 17.3 Å². The Morgan fingerprint density at radius 1 is 0.905 bits per heavy atom. The second-order valence-corrected chi connectivity index (χ2v) is 6.10. The van der Waals surface area contributed by atoms with Crippen LogP contribution < -0.4 is 0 Å². The van der Waals surface area contributed by atoms with Crippen molar-refractivity contribution >= 4 is 75.6 Å². The highest BCUT2D eigenvalue weighted by Gasteiger charge is 2.22. The zero-order chi connectivity index (χ0) is 15.9. The van der Waals surface area contributed by atoms with E-state index in [0.717, 1.165) is 0 Å². The number of benzene rings is 1. The molecule has 0 saturated carbocycles. The van der Waals surface area contributed by atoms with Crippen molar-refractivity contribution in [2.45, 2.75) is 0 Å². The van der Waals surface area contributed by atoms with E-state index in [0.29, 0.717) is 5.56 Å². The fourth-order valence-electron chi connectivity index (χ4n) is 1.59. The van der Waals surface area contributed by atoms with E-state index in [1.165, 1.54) is 12.3 Å². The number of hydrogen-bond acceptors (Lipinski definition) is 2. The highest BCUT2D eigenvalue weighted by molar-refractivity contribution is 6.56. The van der Waals surface area contributed by atoms with Crippen LogP contribution in [0.15, 0.2) is 12.3 Å². The van der Waals surface area contributed by atoms with Gasteiger partial charge in [0.25, 0.3) is 0 Å². The molecule has 110 valence electrons. The Bertz CT molecular complexity index is 733. The fourth-order valence-corrected chi connectivity index (χ4v) is 3.19. The Kier molecular flexibility index (Phi) is 5.14. The van der Waals surface area contributed by atoms with E-state index in [4.69, 9.17) is 74.7 Å². The molecule has 0 radical (unpaired) electrons. The van der Waals surface area contributed by atoms with E-state index in [-0.39, 0.29) is 41.4 Å². The topological polar surface area (TPSA) is 50.2 Å². The Morgan fingerprint density at radius 3 is 1.81 bits per heavy atom. The summed E-state index contributed by atoms with van der Waals surface area (Å²) in [6, 6.07) is 1.35. The first-order valence-electron chi connectivity index (χ1n) is 5.16. The molecule has 9 heteroatoms. The number of aromatic carboxylic acids is 1. The molecule has 0 atom stereocenters. The van der Waals surface area contributed by atoms with E-state index < -0.39 is 5.97 Å². The maximum Gasteiger partial charge on any atom is 0.356 e. The number of carboxylic acid groups (broad SMARTS) is 1. The third-order valence-corrected chi connectivity index (χ3v) is 5.11. The summed E-state index contributed by atoms with van der Waals surface area (Å²) < 4.78 is 0. The van der Waals surface area contributed by atoms with Crippen LogP contribution >= 0.6 is 69.6 Å². The zero-order valence-electron chi connectivity index (χ0n) is 9.73. The standard InChI is InChI=1S/C12H3Cl6NO2/c13-4-1-3(2-19-11(4)12(20)21)5-6(14)8(16)10(18)9(17)7(5)15/h1-2H,(H,20,21). The van der Waals surface area contributed by atoms with E-state index in [1.807, 2.05) is 0 Å². The molecule has 0 aliphatic rings. The van der Waals surface area contributed by atoms with Crippen molar-refractivity contribution in [3.05, 3.63) is 48.1 Å². The number of halogens is 6. The van der Waals surface area contributed by atoms with Crippen LogP contribution in [0, 0.1) is 0 Å². The van der Waals surface area contributed by atoms with Crippen molar-refractivity contribution in [1.82, 2.24) is 4.98 Å². The Hall–Kier alpha value is -0.420. The van der Waals surface area contributed by atoms with Gasteiger partial charge in [-0.25, -0.2) is 9.78 Å². The average Bonchev–Trinajstić information content (AvgIpc) is 2.43. The van der Waals surface area contributed by atoms with E-state index in [2.05, 4.69) is 4.98 Å². The summed E-state index contributed by atoms with van der Waals surface area (Å²) in [6.07, 6.45) is 1.25. The van der Waals surface area contributed by atoms with Gasteiger partial charge in [-0.15, -0.1) is 0 Å². The highest BCUT2D eigenvalue weighted by Crippen LogP contribution is 2.48. The monoisotopic (exact) mass is 403 g/mol. The normalized spacial score (nSPS) is 10.8. The summed E-state index contributed by atoms with van der Waals surface area (Å²) in [5, 5.41) is 9.04. The summed E-state index contributed by atoms with van der Waals surface area (Å²) >= 11 is 36.0. The lowest BCUT2D eigenvalue weighted by Gasteiger charge is -2.13. The van der Waals surface area contributed by atoms with Crippen molar-refractivity contribution in [3.8, 4) is 11.1 Å². The molecule has 0 bridgehead atoms. The van der Waals surface area contributed by atoms with Gasteiger partial charge < -0.3 is 5.11 Å². The average molecular weight is 406 g/mol. The third-order valence-electron chi connectivity index (χ3n) is 2.54. The second kappa shape index (κ2) is 6.37. The molecule has 0 fully saturated rings. The van der Waals surface area contributed by atoms with Gasteiger partial charge in [0.15, 0.2) is 5.69 Å². The molecule has 2 rings (SSSR count). The number of rotatable bonds is 2. The van der Waals surface area contributed by atoms with Gasteiger partial charge >= 0.3 is 5.97 Å². The quantitative estimate of drug-likeness (QED) is 0.466. The van der Waals surface area contributed by atoms with Crippen molar-refractivity contribution < 1.29 is 9.90 Å². The van der Waals surface area contributed by atoms with Crippen LogP contribution in [0.2, 0.25) is 30.1 Å². The van der Waals surface area contributed by atoms with Crippen LogP contribution in [0.4, 0.5) is 0 Å². The van der Waals surface area contributed by atoms with Gasteiger partial charge in [0.2, 0.25) is 0 Å². The molecule has 2 aromatic rings. The minimum atomic E-state index is -1.25. The predicted molar refractivity (Wildman–Crippen MR) is 86.7 cm³/mol. The number of aromatic nitrogens is 1. The number of carboxylic acids is 1. The second-order valence-electron chi connectivity index (χ2n) is 3.80. The minimum absolute atomic E-state index is 0.0262. The van der Waals surface area contributed by atoms with Crippen molar-refractivity contribution in [2.24, 2.45) is 0 Å². The SMILES string of the molecule is O=C(O)c1ncc(-c2c(Cl)c(Cl)c(Cl)c(Cl)c2Cl)cc1Cl. The first-order chi connectivity index (χ1) is 9.75. The van der Waals surface area contributed by atoms with Crippen molar-refractivity contribution in [1.29, 1.82) is 0 Å². The smallest absolute Gasteiger partial charge is 0.356 e. The summed E-state index contributed by atoms with van der Waals surface area (Å²) in [6.45, 7) is 0. The summed E-state index contributed by atoms with van der Waals surface area (Å²) in [5.74, 6) is -1.25. The van der Waals surface area contributed by atoms with Crippen LogP contribution in [-0.2, 0) is 0 Å². The van der Waals surface area contributed by atoms with Crippen LogP contribution in [0.5, 0.6) is 0 Å². The summed E-state index contributed by atoms with van der Waals surface area (Å²) in [5.41, 5.74) is 0.336. The number of hydrogen-bond donors (Lipinski definition) is 1. The van der Waals surface area contributed by atoms with Gasteiger partial charge in [-0.05, 0) is 6.07 Å². The largest absolute Gasteiger partial charge is 0.476 e. The molecule has 1 aromatic heterocycles. The number of pyridine rings is 1. The highest BCUT2D eigenvalue weighted by atomic mass is 35.5. The lowest BCUT2D eigenvalue weighted by atomic mass is 10.1. The summed E-state index contributed by atoms with van der Waals surface area (Å²) in [7, 11) is 0. The third kappa shape index (κ3) is 3.04. The minimum Gasteiger partial charge on any atom is -0.476 e. The van der Waals surface area contributed by atoms with Gasteiger partial charge in [-0.2, -0.15) is 0 Å². The lowest BCUT2D eigenvalue weighted by Crippen LogP contribution is -2.01. The lowest BCUT2D eigenvalue weighted by molar-refractivity contribution is 0.0691. The molecule has 21 heavy (non-hydrogen) atoms. The molecular formula is C12H3Cl6NO2. The molecule has 3 nitrogen and oxygen atoms in total. The van der Waals surface area contributed by atoms with Gasteiger partial charge in [-0.1, -0.05) is 69.6 Å². The van der Waals surface area contributed by atoms with Crippen LogP contribution in [0.3, 0.4) is 0 Å². The number of carbonyl (C=O) groups is 1. The molecule has 1 heterocycles. The van der Waals surface area contributed by atoms with Crippen LogP contribution in [-0.4, -0.2) is 16.1 Å². The van der Waals surface area contributed by atoms with Crippen molar-refractivity contribution in [3.63, 3.8) is 0 Å². The zero-order valence-corrected chi connectivity index (χ0v) is 14.3. The summed E-state index contributed by atoms with van der Waals surface area (Å²) in [4.78, 5) is 14.6. The first-order valence-corrected chi connectivity index (χ1v) is 7.43. The Morgan fingerprint density at radius 2 is 1.38 bits per heavy atom. The van der Waals surface area contributed by atoms with E-state index >= 15 is 0 Å². The van der Waals surface area contributed by atoms with E-state index in [1.54, 1.807) is 0 Å². The maximum absolute atomic E-state index is 10.9. The Balaban J connectivity index is 2.74. The van der Waals surface area contributed by atoms with Crippen LogP contribution in [0.1, 0.15) is 10.5 Å². The molecule has 0 amide bonds. The molecular weight excluding hydrogens is 403 g/mol. The van der Waals surface area contributed by atoms with Gasteiger partial charge in [0.05, 0.1) is 30.1 Å². The van der Waals surface area contributed by atoms with Crippen LogP contribution in [0.25, 0.3) is 11.1 Å². The molecule has 0 aliphatic heterocycles. The van der Waals surface area contributed by atoms with Gasteiger partial charge in [-0.3, -0.25) is 0 Å². The van der Waals surface area contributed by atoms with Gasteiger partial charge in [0.1, 0.15) is 0 Å². The Labute approximate surface area is 149 Å². The molecule has 0 saturated heterocycles. The molecule has 1 aromatic carbocycles. The molecule has 0 unspecified atom stereocenters. The fraction of sp³-hybridized carbons (Fsp3) is 0. The maximum atomic E-state index is 10.9.